The second kappa shape index (κ2) is 9.48. The molecule has 0 aromatic heterocycles. The molecule has 0 radical (unpaired) electrons. The normalized spacial score (nSPS) is 15.9. The summed E-state index contributed by atoms with van der Waals surface area (Å²) in [6.07, 6.45) is 3.25. The molecule has 2 amide bonds. The summed E-state index contributed by atoms with van der Waals surface area (Å²) in [7, 11) is 0. The van der Waals surface area contributed by atoms with Gasteiger partial charge in [-0.1, -0.05) is 67.4 Å². The van der Waals surface area contributed by atoms with Crippen LogP contribution < -0.4 is 5.32 Å². The van der Waals surface area contributed by atoms with Crippen LogP contribution in [0.15, 0.2) is 61.2 Å². The third-order valence-electron chi connectivity index (χ3n) is 6.51. The van der Waals surface area contributed by atoms with Crippen LogP contribution in [0, 0.1) is 0 Å². The van der Waals surface area contributed by atoms with Gasteiger partial charge in [-0.25, -0.2) is 4.79 Å². The molecule has 7 heteroatoms. The molecule has 0 heterocycles. The Kier molecular flexibility index (Phi) is 6.49. The number of hydrogen-bond acceptors (Lipinski definition) is 4. The Balaban J connectivity index is 1.48. The number of benzene rings is 2. The molecule has 33 heavy (non-hydrogen) atoms. The number of ether oxygens (including phenoxy) is 1. The SMILES string of the molecule is C=CCN(CC(=O)O)C(=O)C1(NC(=O)OCC2c3ccccc3-c3ccccc32)CCCC1. The fourth-order valence-electron chi connectivity index (χ4n) is 5.04. The van der Waals surface area contributed by atoms with Crippen LogP contribution in [0.25, 0.3) is 11.1 Å². The van der Waals surface area contributed by atoms with Crippen molar-refractivity contribution >= 4 is 18.0 Å². The lowest BCUT2D eigenvalue weighted by molar-refractivity contribution is -0.147. The smallest absolute Gasteiger partial charge is 0.408 e. The van der Waals surface area contributed by atoms with Crippen LogP contribution in [0.1, 0.15) is 42.7 Å². The predicted octanol–water partition coefficient (Wildman–Crippen LogP) is 3.94. The van der Waals surface area contributed by atoms with Crippen LogP contribution in [0.2, 0.25) is 0 Å². The number of rotatable bonds is 8. The number of nitrogens with zero attached hydrogens (tertiary/aromatic N) is 1. The summed E-state index contributed by atoms with van der Waals surface area (Å²) in [5.41, 5.74) is 3.34. The van der Waals surface area contributed by atoms with Crippen molar-refractivity contribution in [3.8, 4) is 11.1 Å². The summed E-state index contributed by atoms with van der Waals surface area (Å²) in [6, 6.07) is 16.2. The first kappa shape index (κ1) is 22.6. The highest BCUT2D eigenvalue weighted by Gasteiger charge is 2.45. The monoisotopic (exact) mass is 448 g/mol. The van der Waals surface area contributed by atoms with Crippen LogP contribution in [-0.4, -0.2) is 53.2 Å². The quantitative estimate of drug-likeness (QED) is 0.597. The first-order chi connectivity index (χ1) is 15.9. The van der Waals surface area contributed by atoms with Gasteiger partial charge in [0.2, 0.25) is 5.91 Å². The van der Waals surface area contributed by atoms with Crippen LogP contribution in [0.3, 0.4) is 0 Å². The fourth-order valence-corrected chi connectivity index (χ4v) is 5.04. The zero-order valence-electron chi connectivity index (χ0n) is 18.5. The van der Waals surface area contributed by atoms with Gasteiger partial charge in [-0.05, 0) is 35.1 Å². The summed E-state index contributed by atoms with van der Waals surface area (Å²) in [4.78, 5) is 38.6. The van der Waals surface area contributed by atoms with Crippen molar-refractivity contribution in [2.75, 3.05) is 19.7 Å². The third kappa shape index (κ3) is 4.49. The van der Waals surface area contributed by atoms with Crippen molar-refractivity contribution in [1.82, 2.24) is 10.2 Å². The van der Waals surface area contributed by atoms with Crippen molar-refractivity contribution in [3.05, 3.63) is 72.3 Å². The molecule has 2 aliphatic rings. The molecular weight excluding hydrogens is 420 g/mol. The Morgan fingerprint density at radius 3 is 2.18 bits per heavy atom. The molecule has 172 valence electrons. The molecule has 1 fully saturated rings. The Morgan fingerprint density at radius 1 is 1.06 bits per heavy atom. The van der Waals surface area contributed by atoms with E-state index in [4.69, 9.17) is 4.74 Å². The van der Waals surface area contributed by atoms with Gasteiger partial charge in [0.15, 0.2) is 0 Å². The van der Waals surface area contributed by atoms with E-state index in [1.54, 1.807) is 0 Å². The number of nitrogens with one attached hydrogen (secondary N) is 1. The van der Waals surface area contributed by atoms with E-state index >= 15 is 0 Å². The van der Waals surface area contributed by atoms with Gasteiger partial charge in [0.25, 0.3) is 0 Å². The zero-order chi connectivity index (χ0) is 23.4. The average Bonchev–Trinajstić information content (AvgIpc) is 3.40. The van der Waals surface area contributed by atoms with Gasteiger partial charge >= 0.3 is 12.1 Å². The number of alkyl carbamates (subject to hydrolysis) is 1. The largest absolute Gasteiger partial charge is 0.480 e. The van der Waals surface area contributed by atoms with Gasteiger partial charge in [0.05, 0.1) is 0 Å². The minimum absolute atomic E-state index is 0.0809. The first-order valence-corrected chi connectivity index (χ1v) is 11.2. The van der Waals surface area contributed by atoms with Crippen LogP contribution in [0.4, 0.5) is 4.79 Å². The maximum atomic E-state index is 13.3. The number of aliphatic carboxylic acids is 1. The van der Waals surface area contributed by atoms with E-state index in [-0.39, 0.29) is 19.1 Å². The molecule has 1 saturated carbocycles. The Labute approximate surface area is 193 Å². The van der Waals surface area contributed by atoms with Gasteiger partial charge in [0, 0.05) is 12.5 Å². The molecule has 0 spiro atoms. The molecule has 2 N–H and O–H groups in total. The van der Waals surface area contributed by atoms with Gasteiger partial charge in [-0.15, -0.1) is 6.58 Å². The molecule has 2 aromatic rings. The number of carboxylic acids is 1. The van der Waals surface area contributed by atoms with Crippen LogP contribution in [0.5, 0.6) is 0 Å². The molecule has 0 unspecified atom stereocenters. The molecule has 0 atom stereocenters. The highest BCUT2D eigenvalue weighted by molar-refractivity contribution is 5.92. The molecule has 4 rings (SSSR count). The number of carboxylic acid groups (broad SMARTS) is 1. The van der Waals surface area contributed by atoms with E-state index in [1.807, 2.05) is 36.4 Å². The third-order valence-corrected chi connectivity index (χ3v) is 6.51. The number of carbonyl (C=O) groups excluding carboxylic acids is 2. The summed E-state index contributed by atoms with van der Waals surface area (Å²) in [5.74, 6) is -1.60. The Bertz CT molecular complexity index is 1030. The van der Waals surface area contributed by atoms with E-state index in [9.17, 15) is 19.5 Å². The Hall–Kier alpha value is -3.61. The van der Waals surface area contributed by atoms with Crippen molar-refractivity contribution < 1.29 is 24.2 Å². The van der Waals surface area contributed by atoms with Crippen molar-refractivity contribution in [3.63, 3.8) is 0 Å². The molecule has 2 aromatic carbocycles. The summed E-state index contributed by atoms with van der Waals surface area (Å²) in [5, 5.41) is 12.0. The molecule has 0 aliphatic heterocycles. The van der Waals surface area contributed by atoms with Gasteiger partial charge in [0.1, 0.15) is 18.7 Å². The molecular formula is C26H28N2O5. The lowest BCUT2D eigenvalue weighted by atomic mass is 9.95. The van der Waals surface area contributed by atoms with E-state index < -0.39 is 30.1 Å². The number of carbonyl (C=O) groups is 3. The topological polar surface area (TPSA) is 95.9 Å². The minimum atomic E-state index is -1.15. The zero-order valence-corrected chi connectivity index (χ0v) is 18.5. The van der Waals surface area contributed by atoms with Crippen LogP contribution in [-0.2, 0) is 14.3 Å². The second-order valence-electron chi connectivity index (χ2n) is 8.61. The van der Waals surface area contributed by atoms with Gasteiger partial charge < -0.3 is 20.1 Å². The lowest BCUT2D eigenvalue weighted by Gasteiger charge is -2.33. The molecule has 2 aliphatic carbocycles. The standard InChI is InChI=1S/C26H28N2O5/c1-2-15-28(16-23(29)30)24(31)26(13-7-8-14-26)27-25(32)33-17-22-20-11-5-3-9-18(20)19-10-4-6-12-21(19)22/h2-6,9-12,22H,1,7-8,13-17H2,(H,27,32)(H,29,30). The highest BCUT2D eigenvalue weighted by atomic mass is 16.5. The number of hydrogen-bond donors (Lipinski definition) is 2. The van der Waals surface area contributed by atoms with E-state index in [0.29, 0.717) is 12.8 Å². The average molecular weight is 449 g/mol. The molecule has 0 saturated heterocycles. The van der Waals surface area contributed by atoms with Crippen molar-refractivity contribution in [1.29, 1.82) is 0 Å². The maximum absolute atomic E-state index is 13.3. The lowest BCUT2D eigenvalue weighted by Crippen LogP contribution is -2.59. The second-order valence-corrected chi connectivity index (χ2v) is 8.61. The number of fused-ring (bicyclic) bond motifs is 3. The van der Waals surface area contributed by atoms with Crippen LogP contribution >= 0.6 is 0 Å². The van der Waals surface area contributed by atoms with Crippen molar-refractivity contribution in [2.45, 2.75) is 37.1 Å². The molecule has 7 nitrogen and oxygen atoms in total. The maximum Gasteiger partial charge on any atom is 0.408 e. The molecule has 0 bridgehead atoms. The highest BCUT2D eigenvalue weighted by Crippen LogP contribution is 2.44. The number of amides is 2. The van der Waals surface area contributed by atoms with E-state index in [1.165, 1.54) is 11.0 Å². The summed E-state index contributed by atoms with van der Waals surface area (Å²) < 4.78 is 5.64. The van der Waals surface area contributed by atoms with Gasteiger partial charge in [-0.2, -0.15) is 0 Å². The summed E-state index contributed by atoms with van der Waals surface area (Å²) in [6.45, 7) is 3.41. The first-order valence-electron chi connectivity index (χ1n) is 11.2. The van der Waals surface area contributed by atoms with Crippen molar-refractivity contribution in [2.24, 2.45) is 0 Å². The summed E-state index contributed by atoms with van der Waals surface area (Å²) >= 11 is 0. The predicted molar refractivity (Wildman–Crippen MR) is 124 cm³/mol. The van der Waals surface area contributed by atoms with E-state index in [0.717, 1.165) is 35.1 Å². The minimum Gasteiger partial charge on any atom is -0.480 e. The Morgan fingerprint density at radius 2 is 1.64 bits per heavy atom. The fraction of sp³-hybridized carbons (Fsp3) is 0.346. The van der Waals surface area contributed by atoms with E-state index in [2.05, 4.69) is 24.0 Å². The van der Waals surface area contributed by atoms with Gasteiger partial charge in [-0.3, -0.25) is 9.59 Å².